The van der Waals surface area contributed by atoms with Crippen LogP contribution in [-0.4, -0.2) is 73.4 Å². The molecule has 0 rings (SSSR count). The van der Waals surface area contributed by atoms with E-state index in [9.17, 15) is 19.4 Å². The van der Waals surface area contributed by atoms with Crippen molar-refractivity contribution in [1.29, 1.82) is 0 Å². The summed E-state index contributed by atoms with van der Waals surface area (Å²) in [5.41, 5.74) is 0. The average molecular weight is 760 g/mol. The molecular weight excluding hydrogens is 671 g/mol. The van der Waals surface area contributed by atoms with E-state index in [0.29, 0.717) is 17.4 Å². The largest absolute Gasteiger partial charge is 0.472 e. The number of likely N-dealkylation sites (N-methyl/N-ethyl adjacent to an activating group) is 1. The highest BCUT2D eigenvalue weighted by atomic mass is 31.2. The first-order valence-electron chi connectivity index (χ1n) is 22.1. The molecule has 8 nitrogen and oxygen atoms in total. The maximum atomic E-state index is 12.6. The zero-order valence-electron chi connectivity index (χ0n) is 35.1. The number of aliphatic hydroxyl groups is 1. The van der Waals surface area contributed by atoms with Crippen molar-refractivity contribution in [3.05, 3.63) is 12.2 Å². The molecule has 0 saturated carbocycles. The lowest BCUT2D eigenvalue weighted by Crippen LogP contribution is -2.45. The van der Waals surface area contributed by atoms with Crippen molar-refractivity contribution in [2.24, 2.45) is 0 Å². The predicted molar refractivity (Wildman–Crippen MR) is 222 cm³/mol. The molecule has 9 heteroatoms. The minimum absolute atomic E-state index is 0.0633. The fraction of sp³-hybridized carbons (Fsp3) is 0.930. The lowest BCUT2D eigenvalue weighted by atomic mass is 10.0. The number of unbranched alkanes of at least 4 members (excludes halogenated alkanes) is 27. The molecule has 0 radical (unpaired) electrons. The van der Waals surface area contributed by atoms with Gasteiger partial charge >= 0.3 is 7.82 Å². The second-order valence-corrected chi connectivity index (χ2v) is 17.9. The summed E-state index contributed by atoms with van der Waals surface area (Å²) in [5.74, 6) is -0.194. The second-order valence-electron chi connectivity index (χ2n) is 16.4. The number of nitrogens with zero attached hydrogens (tertiary/aromatic N) is 1. The van der Waals surface area contributed by atoms with Crippen molar-refractivity contribution in [2.45, 2.75) is 219 Å². The molecule has 3 unspecified atom stereocenters. The Kier molecular flexibility index (Phi) is 35.4. The quantitative estimate of drug-likeness (QED) is 0.0249. The first kappa shape index (κ1) is 51.2. The number of aliphatic hydroxyl groups excluding tert-OH is 1. The molecule has 0 aromatic rings. The van der Waals surface area contributed by atoms with E-state index in [1.165, 1.54) is 148 Å². The second kappa shape index (κ2) is 35.9. The molecular formula is C43H88N2O6P+. The van der Waals surface area contributed by atoms with Crippen LogP contribution in [0, 0.1) is 0 Å². The van der Waals surface area contributed by atoms with E-state index < -0.39 is 20.0 Å². The lowest BCUT2D eigenvalue weighted by Gasteiger charge is -2.25. The third-order valence-corrected chi connectivity index (χ3v) is 11.0. The van der Waals surface area contributed by atoms with E-state index in [2.05, 4.69) is 19.2 Å². The Balaban J connectivity index is 3.98. The number of phosphoric ester groups is 1. The van der Waals surface area contributed by atoms with Gasteiger partial charge < -0.3 is 19.8 Å². The maximum Gasteiger partial charge on any atom is 0.472 e. The minimum Gasteiger partial charge on any atom is -0.387 e. The molecule has 0 aliphatic carbocycles. The van der Waals surface area contributed by atoms with Crippen molar-refractivity contribution < 1.29 is 32.9 Å². The van der Waals surface area contributed by atoms with Crippen molar-refractivity contribution in [3.63, 3.8) is 0 Å². The first-order valence-corrected chi connectivity index (χ1v) is 23.6. The number of amides is 1. The molecule has 0 aromatic heterocycles. The molecule has 0 fully saturated rings. The molecule has 3 N–H and O–H groups in total. The molecule has 0 spiro atoms. The number of nitrogens with one attached hydrogen (secondary N) is 1. The van der Waals surface area contributed by atoms with Crippen LogP contribution in [0.15, 0.2) is 12.2 Å². The Hall–Kier alpha value is -0.760. The molecule has 0 aliphatic heterocycles. The summed E-state index contributed by atoms with van der Waals surface area (Å²) in [6.07, 6.45) is 40.7. The van der Waals surface area contributed by atoms with Crippen LogP contribution >= 0.6 is 7.82 Å². The predicted octanol–water partition coefficient (Wildman–Crippen LogP) is 12.0. The van der Waals surface area contributed by atoms with Crippen LogP contribution < -0.4 is 5.32 Å². The summed E-state index contributed by atoms with van der Waals surface area (Å²) in [7, 11) is 1.57. The summed E-state index contributed by atoms with van der Waals surface area (Å²) < 4.78 is 23.3. The van der Waals surface area contributed by atoms with E-state index in [1.54, 1.807) is 6.08 Å². The van der Waals surface area contributed by atoms with Gasteiger partial charge in [0.15, 0.2) is 0 Å². The van der Waals surface area contributed by atoms with Crippen molar-refractivity contribution >= 4 is 13.7 Å². The Labute approximate surface area is 322 Å². The van der Waals surface area contributed by atoms with Gasteiger partial charge in [0.25, 0.3) is 0 Å². The Morgan fingerprint density at radius 3 is 1.42 bits per heavy atom. The standard InChI is InChI=1S/C43H87N2O6P/c1-6-8-10-12-13-14-15-16-17-18-19-20-21-22-23-24-25-26-27-28-29-30-31-32-33-34-36-42(46)41(44-43(47)37-35-11-9-7-2)40-51-52(48,49)50-39-38-45(3,4)5/h34,36,41-42,46H,6-33,35,37-40H2,1-5H3,(H-,44,47,48,49)/p+1/b36-34+. The van der Waals surface area contributed by atoms with Gasteiger partial charge in [0.05, 0.1) is 39.9 Å². The monoisotopic (exact) mass is 760 g/mol. The third kappa shape index (κ3) is 37.6. The van der Waals surface area contributed by atoms with Gasteiger partial charge in [-0.15, -0.1) is 0 Å². The number of phosphoric acid groups is 1. The number of hydrogen-bond donors (Lipinski definition) is 3. The SMILES string of the molecule is CCCCCCCCCCCCCCCCCCCCCCCCCC/C=C/C(O)C(COP(=O)(O)OCC[N+](C)(C)C)NC(=O)CCCCCC. The lowest BCUT2D eigenvalue weighted by molar-refractivity contribution is -0.870. The van der Waals surface area contributed by atoms with E-state index in [0.717, 1.165) is 38.5 Å². The number of carbonyl (C=O) groups excluding carboxylic acids is 1. The highest BCUT2D eigenvalue weighted by Gasteiger charge is 2.27. The molecule has 0 aliphatic rings. The smallest absolute Gasteiger partial charge is 0.387 e. The Bertz CT molecular complexity index is 865. The molecule has 0 heterocycles. The third-order valence-electron chi connectivity index (χ3n) is 10.0. The molecule has 310 valence electrons. The highest BCUT2D eigenvalue weighted by Crippen LogP contribution is 2.43. The number of hydrogen-bond acceptors (Lipinski definition) is 5. The Morgan fingerprint density at radius 1 is 0.635 bits per heavy atom. The summed E-state index contributed by atoms with van der Waals surface area (Å²) in [5, 5.41) is 13.6. The number of rotatable bonds is 40. The maximum absolute atomic E-state index is 12.6. The molecule has 3 atom stereocenters. The van der Waals surface area contributed by atoms with Gasteiger partial charge in [-0.2, -0.15) is 0 Å². The van der Waals surface area contributed by atoms with E-state index in [4.69, 9.17) is 9.05 Å². The van der Waals surface area contributed by atoms with Gasteiger partial charge in [-0.3, -0.25) is 13.8 Å². The highest BCUT2D eigenvalue weighted by molar-refractivity contribution is 7.47. The van der Waals surface area contributed by atoms with Gasteiger partial charge in [0, 0.05) is 6.42 Å². The fourth-order valence-corrected chi connectivity index (χ4v) is 7.19. The summed E-state index contributed by atoms with van der Waals surface area (Å²) in [6, 6.07) is -0.836. The average Bonchev–Trinajstić information content (AvgIpc) is 3.09. The van der Waals surface area contributed by atoms with E-state index in [-0.39, 0.29) is 19.1 Å². The number of quaternary nitrogens is 1. The fourth-order valence-electron chi connectivity index (χ4n) is 6.45. The molecule has 0 bridgehead atoms. The van der Waals surface area contributed by atoms with Crippen LogP contribution in [0.5, 0.6) is 0 Å². The summed E-state index contributed by atoms with van der Waals surface area (Å²) in [6.45, 7) is 4.70. The van der Waals surface area contributed by atoms with Gasteiger partial charge in [-0.05, 0) is 19.3 Å². The number of carbonyl (C=O) groups is 1. The molecule has 0 saturated heterocycles. The van der Waals surface area contributed by atoms with Crippen LogP contribution in [0.4, 0.5) is 0 Å². The van der Waals surface area contributed by atoms with Crippen LogP contribution in [0.3, 0.4) is 0 Å². The first-order chi connectivity index (χ1) is 25.0. The van der Waals surface area contributed by atoms with Crippen molar-refractivity contribution in [3.8, 4) is 0 Å². The van der Waals surface area contributed by atoms with Crippen LogP contribution in [-0.2, 0) is 18.4 Å². The normalized spacial score (nSPS) is 14.5. The molecule has 52 heavy (non-hydrogen) atoms. The van der Waals surface area contributed by atoms with E-state index >= 15 is 0 Å². The van der Waals surface area contributed by atoms with Gasteiger partial charge in [-0.1, -0.05) is 193 Å². The Morgan fingerprint density at radius 2 is 1.02 bits per heavy atom. The zero-order chi connectivity index (χ0) is 38.6. The summed E-state index contributed by atoms with van der Waals surface area (Å²) >= 11 is 0. The van der Waals surface area contributed by atoms with E-state index in [1.807, 2.05) is 27.2 Å². The van der Waals surface area contributed by atoms with Crippen molar-refractivity contribution in [2.75, 3.05) is 40.9 Å². The van der Waals surface area contributed by atoms with Crippen molar-refractivity contribution in [1.82, 2.24) is 5.32 Å². The van der Waals surface area contributed by atoms with Gasteiger partial charge in [0.1, 0.15) is 13.2 Å². The zero-order valence-corrected chi connectivity index (χ0v) is 36.0. The van der Waals surface area contributed by atoms with Gasteiger partial charge in [-0.25, -0.2) is 4.57 Å². The van der Waals surface area contributed by atoms with Crippen LogP contribution in [0.1, 0.15) is 206 Å². The number of allylic oxidation sites excluding steroid dienone is 1. The van der Waals surface area contributed by atoms with Crippen LogP contribution in [0.2, 0.25) is 0 Å². The molecule has 1 amide bonds. The minimum atomic E-state index is -4.31. The van der Waals surface area contributed by atoms with Crippen LogP contribution in [0.25, 0.3) is 0 Å². The molecule has 0 aromatic carbocycles. The summed E-state index contributed by atoms with van der Waals surface area (Å²) in [4.78, 5) is 22.7. The topological polar surface area (TPSA) is 105 Å². The van der Waals surface area contributed by atoms with Gasteiger partial charge in [0.2, 0.25) is 5.91 Å².